The summed E-state index contributed by atoms with van der Waals surface area (Å²) in [6.07, 6.45) is 2.37. The molecule has 0 aliphatic heterocycles. The Morgan fingerprint density at radius 3 is 2.72 bits per heavy atom. The zero-order valence-corrected chi connectivity index (χ0v) is 11.5. The van der Waals surface area contributed by atoms with Crippen LogP contribution in [-0.2, 0) is 11.2 Å². The van der Waals surface area contributed by atoms with Gasteiger partial charge in [0.1, 0.15) is 0 Å². The summed E-state index contributed by atoms with van der Waals surface area (Å²) in [6, 6.07) is 5.78. The van der Waals surface area contributed by atoms with Crippen molar-refractivity contribution in [1.29, 1.82) is 0 Å². The van der Waals surface area contributed by atoms with Gasteiger partial charge in [0.2, 0.25) is 0 Å². The number of carboxylic acids is 1. The van der Waals surface area contributed by atoms with Gasteiger partial charge in [0.25, 0.3) is 0 Å². The molecule has 2 aromatic rings. The van der Waals surface area contributed by atoms with Crippen LogP contribution in [0.3, 0.4) is 0 Å². The Bertz CT molecular complexity index is 614. The number of fused-ring (bicyclic) bond motifs is 1. The van der Waals surface area contributed by atoms with Gasteiger partial charge in [-0.15, -0.1) is 0 Å². The predicted octanol–water partition coefficient (Wildman–Crippen LogP) is 3.55. The zero-order chi connectivity index (χ0) is 13.5. The molecule has 96 valence electrons. The summed E-state index contributed by atoms with van der Waals surface area (Å²) in [4.78, 5) is 11.2. The maximum atomic E-state index is 11.2. The fourth-order valence-corrected chi connectivity index (χ4v) is 2.33. The van der Waals surface area contributed by atoms with Gasteiger partial charge in [-0.3, -0.25) is 4.79 Å². The summed E-state index contributed by atoms with van der Waals surface area (Å²) in [5.74, 6) is -0.802. The molecule has 0 fully saturated rings. The first-order valence-electron chi connectivity index (χ1n) is 5.82. The summed E-state index contributed by atoms with van der Waals surface area (Å²) in [5.41, 5.74) is 2.03. The highest BCUT2D eigenvalue weighted by Crippen LogP contribution is 2.32. The molecule has 1 N–H and O–H groups in total. The molecule has 0 unspecified atom stereocenters. The van der Waals surface area contributed by atoms with Crippen LogP contribution in [0.2, 0.25) is 5.02 Å². The minimum Gasteiger partial charge on any atom is -0.481 e. The lowest BCUT2D eigenvalue weighted by atomic mass is 9.87. The van der Waals surface area contributed by atoms with Gasteiger partial charge in [0.05, 0.1) is 16.0 Å². The summed E-state index contributed by atoms with van der Waals surface area (Å²) in [6.45, 7) is 5.39. The van der Waals surface area contributed by atoms with E-state index in [0.29, 0.717) is 11.4 Å². The second kappa shape index (κ2) is 4.32. The van der Waals surface area contributed by atoms with Crippen molar-refractivity contribution in [3.05, 3.63) is 40.7 Å². The third-order valence-electron chi connectivity index (χ3n) is 3.33. The van der Waals surface area contributed by atoms with Crippen LogP contribution in [0.25, 0.3) is 5.52 Å². The number of hydrogen-bond acceptors (Lipinski definition) is 1. The minimum absolute atomic E-state index is 0.450. The number of pyridine rings is 1. The molecule has 0 saturated heterocycles. The van der Waals surface area contributed by atoms with E-state index in [1.54, 1.807) is 13.8 Å². The molecule has 18 heavy (non-hydrogen) atoms. The standard InChI is InChI=1S/C14H16ClNO2/c1-9-11(8-14(2,3)13(17)18)16-7-5-4-6-10(16)12(9)15/h4-7H,8H2,1-3H3,(H,17,18). The summed E-state index contributed by atoms with van der Waals surface area (Å²) in [5, 5.41) is 9.93. The number of aliphatic carboxylic acids is 1. The van der Waals surface area contributed by atoms with Crippen LogP contribution in [0, 0.1) is 12.3 Å². The Balaban J connectivity index is 2.58. The van der Waals surface area contributed by atoms with E-state index >= 15 is 0 Å². The average molecular weight is 266 g/mol. The molecule has 0 saturated carbocycles. The molecule has 0 radical (unpaired) electrons. The second-order valence-corrected chi connectivity index (χ2v) is 5.59. The Kier molecular flexibility index (Phi) is 3.11. The van der Waals surface area contributed by atoms with Crippen LogP contribution in [0.15, 0.2) is 24.4 Å². The molecule has 0 atom stereocenters. The molecular weight excluding hydrogens is 250 g/mol. The van der Waals surface area contributed by atoms with E-state index < -0.39 is 11.4 Å². The highest BCUT2D eigenvalue weighted by molar-refractivity contribution is 6.34. The van der Waals surface area contributed by atoms with Gasteiger partial charge >= 0.3 is 5.97 Å². The van der Waals surface area contributed by atoms with Crippen LogP contribution in [0.1, 0.15) is 25.1 Å². The van der Waals surface area contributed by atoms with Crippen molar-refractivity contribution < 1.29 is 9.90 Å². The van der Waals surface area contributed by atoms with Crippen molar-refractivity contribution in [3.8, 4) is 0 Å². The lowest BCUT2D eigenvalue weighted by Crippen LogP contribution is -2.27. The van der Waals surface area contributed by atoms with Crippen molar-refractivity contribution in [2.45, 2.75) is 27.2 Å². The molecule has 0 aliphatic carbocycles. The van der Waals surface area contributed by atoms with Crippen molar-refractivity contribution >= 4 is 23.1 Å². The fourth-order valence-electron chi connectivity index (χ4n) is 2.07. The Morgan fingerprint density at radius 1 is 1.44 bits per heavy atom. The van der Waals surface area contributed by atoms with Gasteiger partial charge in [-0.1, -0.05) is 17.7 Å². The van der Waals surface area contributed by atoms with Crippen LogP contribution >= 0.6 is 11.6 Å². The van der Waals surface area contributed by atoms with Crippen LogP contribution < -0.4 is 0 Å². The molecule has 4 heteroatoms. The Hall–Kier alpha value is -1.48. The molecule has 2 heterocycles. The highest BCUT2D eigenvalue weighted by Gasteiger charge is 2.30. The van der Waals surface area contributed by atoms with Gasteiger partial charge in [0.15, 0.2) is 0 Å². The predicted molar refractivity (Wildman–Crippen MR) is 72.3 cm³/mol. The third-order valence-corrected chi connectivity index (χ3v) is 3.80. The van der Waals surface area contributed by atoms with Crippen LogP contribution in [0.5, 0.6) is 0 Å². The van der Waals surface area contributed by atoms with Crippen molar-refractivity contribution in [2.75, 3.05) is 0 Å². The zero-order valence-electron chi connectivity index (χ0n) is 10.7. The molecule has 0 aromatic carbocycles. The minimum atomic E-state index is -0.807. The first-order chi connectivity index (χ1) is 8.34. The van der Waals surface area contributed by atoms with Gasteiger partial charge in [-0.2, -0.15) is 0 Å². The molecule has 0 aliphatic rings. The van der Waals surface area contributed by atoms with E-state index in [-0.39, 0.29) is 0 Å². The number of halogens is 1. The van der Waals surface area contributed by atoms with Gasteiger partial charge in [-0.05, 0) is 38.5 Å². The Labute approximate surface area is 111 Å². The molecule has 2 rings (SSSR count). The second-order valence-electron chi connectivity index (χ2n) is 5.21. The molecular formula is C14H16ClNO2. The Morgan fingerprint density at radius 2 is 2.11 bits per heavy atom. The van der Waals surface area contributed by atoms with Gasteiger partial charge < -0.3 is 9.51 Å². The normalized spacial score (nSPS) is 12.0. The quantitative estimate of drug-likeness (QED) is 0.922. The number of carboxylic acid groups (broad SMARTS) is 1. The SMILES string of the molecule is Cc1c(Cl)c2ccccn2c1CC(C)(C)C(=O)O. The van der Waals surface area contributed by atoms with E-state index in [1.165, 1.54) is 0 Å². The number of hydrogen-bond donors (Lipinski definition) is 1. The van der Waals surface area contributed by atoms with Crippen molar-refractivity contribution in [1.82, 2.24) is 4.40 Å². The molecule has 0 spiro atoms. The van der Waals surface area contributed by atoms with Crippen molar-refractivity contribution in [3.63, 3.8) is 0 Å². The maximum absolute atomic E-state index is 11.2. The third kappa shape index (κ3) is 1.99. The van der Waals surface area contributed by atoms with Crippen LogP contribution in [0.4, 0.5) is 0 Å². The van der Waals surface area contributed by atoms with Gasteiger partial charge in [-0.25, -0.2) is 0 Å². The maximum Gasteiger partial charge on any atom is 0.309 e. The van der Waals surface area contributed by atoms with Crippen molar-refractivity contribution in [2.24, 2.45) is 5.41 Å². The lowest BCUT2D eigenvalue weighted by Gasteiger charge is -2.19. The lowest BCUT2D eigenvalue weighted by molar-refractivity contribution is -0.146. The highest BCUT2D eigenvalue weighted by atomic mass is 35.5. The topological polar surface area (TPSA) is 41.7 Å². The van der Waals surface area contributed by atoms with Crippen LogP contribution in [-0.4, -0.2) is 15.5 Å². The number of nitrogens with zero attached hydrogens (tertiary/aromatic N) is 1. The van der Waals surface area contributed by atoms with E-state index in [4.69, 9.17) is 11.6 Å². The van der Waals surface area contributed by atoms with E-state index in [9.17, 15) is 9.90 Å². The first-order valence-corrected chi connectivity index (χ1v) is 6.20. The monoisotopic (exact) mass is 265 g/mol. The number of aromatic nitrogens is 1. The molecule has 2 aromatic heterocycles. The average Bonchev–Trinajstić information content (AvgIpc) is 2.55. The largest absolute Gasteiger partial charge is 0.481 e. The van der Waals surface area contributed by atoms with Gasteiger partial charge in [0, 0.05) is 18.3 Å². The fraction of sp³-hybridized carbons (Fsp3) is 0.357. The van der Waals surface area contributed by atoms with E-state index in [0.717, 1.165) is 16.8 Å². The molecule has 3 nitrogen and oxygen atoms in total. The number of rotatable bonds is 3. The summed E-state index contributed by atoms with van der Waals surface area (Å²) in [7, 11) is 0. The molecule has 0 amide bonds. The van der Waals surface area contributed by atoms with E-state index in [2.05, 4.69) is 0 Å². The number of carbonyl (C=O) groups is 1. The van der Waals surface area contributed by atoms with E-state index in [1.807, 2.05) is 35.7 Å². The summed E-state index contributed by atoms with van der Waals surface area (Å²) >= 11 is 6.29. The smallest absolute Gasteiger partial charge is 0.309 e. The first kappa shape index (κ1) is 13.0. The summed E-state index contributed by atoms with van der Waals surface area (Å²) < 4.78 is 1.97. The molecule has 0 bridgehead atoms.